The molecular weight excluding hydrogens is 302 g/mol. The largest absolute Gasteiger partial charge is 0.303 e. The maximum Gasteiger partial charge on any atom is -0.00131 e. The molecule has 1 aliphatic heterocycles. The van der Waals surface area contributed by atoms with Crippen molar-refractivity contribution in [3.05, 3.63) is 72.3 Å². The predicted molar refractivity (Wildman–Crippen MR) is 109 cm³/mol. The molecule has 2 aromatic carbocycles. The Balaban J connectivity index is 1.41. The van der Waals surface area contributed by atoms with Crippen LogP contribution in [0.2, 0.25) is 0 Å². The van der Waals surface area contributed by atoms with Crippen LogP contribution in [0.3, 0.4) is 0 Å². The Kier molecular flexibility index (Phi) is 6.47. The van der Waals surface area contributed by atoms with Crippen LogP contribution in [0, 0.1) is 12.8 Å². The lowest BCUT2D eigenvalue weighted by atomic mass is 9.97. The molecule has 0 bridgehead atoms. The van der Waals surface area contributed by atoms with E-state index in [9.17, 15) is 0 Å². The quantitative estimate of drug-likeness (QED) is 0.451. The van der Waals surface area contributed by atoms with Gasteiger partial charge in [-0.15, -0.1) is 6.58 Å². The Hall–Kier alpha value is -1.86. The van der Waals surface area contributed by atoms with E-state index in [-0.39, 0.29) is 0 Å². The van der Waals surface area contributed by atoms with E-state index in [1.165, 1.54) is 74.0 Å². The summed E-state index contributed by atoms with van der Waals surface area (Å²) in [7, 11) is 0. The van der Waals surface area contributed by atoms with Crippen molar-refractivity contribution >= 4 is 0 Å². The zero-order valence-corrected chi connectivity index (χ0v) is 15.6. The first-order valence-electron chi connectivity index (χ1n) is 9.75. The number of aryl methyl sites for hydroxylation is 2. The van der Waals surface area contributed by atoms with E-state index >= 15 is 0 Å². The van der Waals surface area contributed by atoms with Crippen LogP contribution in [0.5, 0.6) is 0 Å². The van der Waals surface area contributed by atoms with E-state index in [0.717, 1.165) is 5.92 Å². The Morgan fingerprint density at radius 1 is 1.00 bits per heavy atom. The molecule has 2 aromatic rings. The van der Waals surface area contributed by atoms with E-state index in [2.05, 4.69) is 73.0 Å². The third-order valence-electron chi connectivity index (χ3n) is 5.46. The van der Waals surface area contributed by atoms with Crippen molar-refractivity contribution in [2.45, 2.75) is 39.0 Å². The van der Waals surface area contributed by atoms with Crippen molar-refractivity contribution in [2.24, 2.45) is 5.92 Å². The Morgan fingerprint density at radius 2 is 1.76 bits per heavy atom. The second kappa shape index (κ2) is 9.01. The van der Waals surface area contributed by atoms with E-state index in [4.69, 9.17) is 0 Å². The van der Waals surface area contributed by atoms with E-state index in [1.54, 1.807) is 0 Å². The molecule has 1 heteroatoms. The van der Waals surface area contributed by atoms with Gasteiger partial charge >= 0.3 is 0 Å². The van der Waals surface area contributed by atoms with Crippen LogP contribution < -0.4 is 0 Å². The van der Waals surface area contributed by atoms with Gasteiger partial charge in [-0.2, -0.15) is 0 Å². The van der Waals surface area contributed by atoms with Crippen LogP contribution in [-0.2, 0) is 6.42 Å². The fourth-order valence-corrected chi connectivity index (χ4v) is 3.77. The molecule has 0 spiro atoms. The normalized spacial score (nSPS) is 16.0. The highest BCUT2D eigenvalue weighted by atomic mass is 15.1. The third-order valence-corrected chi connectivity index (χ3v) is 5.46. The fraction of sp³-hybridized carbons (Fsp3) is 0.417. The summed E-state index contributed by atoms with van der Waals surface area (Å²) in [5.74, 6) is 0.753. The standard InChI is InChI=1S/C24H31N/c1-3-21-14-17-25(18-15-21)16-5-4-8-22-10-12-23(13-11-22)24-9-6-7-20(2)19-24/h3,6-7,9-13,19,21H,1,4-5,8,14-18H2,2H3. The highest BCUT2D eigenvalue weighted by Crippen LogP contribution is 2.22. The molecule has 25 heavy (non-hydrogen) atoms. The molecule has 0 aliphatic carbocycles. The monoisotopic (exact) mass is 333 g/mol. The number of benzene rings is 2. The van der Waals surface area contributed by atoms with Crippen molar-refractivity contribution in [1.29, 1.82) is 0 Å². The van der Waals surface area contributed by atoms with Crippen LogP contribution in [0.1, 0.15) is 36.8 Å². The second-order valence-electron chi connectivity index (χ2n) is 7.44. The van der Waals surface area contributed by atoms with Crippen molar-refractivity contribution in [3.8, 4) is 11.1 Å². The number of hydrogen-bond acceptors (Lipinski definition) is 1. The molecule has 0 N–H and O–H groups in total. The van der Waals surface area contributed by atoms with Gasteiger partial charge < -0.3 is 4.90 Å². The minimum absolute atomic E-state index is 0.753. The average Bonchev–Trinajstić information content (AvgIpc) is 2.66. The minimum atomic E-state index is 0.753. The summed E-state index contributed by atoms with van der Waals surface area (Å²) in [5, 5.41) is 0. The number of piperidine rings is 1. The molecule has 0 amide bonds. The van der Waals surface area contributed by atoms with Gasteiger partial charge in [0, 0.05) is 0 Å². The molecule has 1 saturated heterocycles. The molecule has 1 fully saturated rings. The highest BCUT2D eigenvalue weighted by Gasteiger charge is 2.15. The first kappa shape index (κ1) is 17.9. The van der Waals surface area contributed by atoms with Gasteiger partial charge in [-0.05, 0) is 81.3 Å². The summed E-state index contributed by atoms with van der Waals surface area (Å²) in [5.41, 5.74) is 5.41. The van der Waals surface area contributed by atoms with Gasteiger partial charge in [0.2, 0.25) is 0 Å². The van der Waals surface area contributed by atoms with Gasteiger partial charge in [-0.3, -0.25) is 0 Å². The first-order chi connectivity index (χ1) is 12.2. The van der Waals surface area contributed by atoms with Gasteiger partial charge in [0.1, 0.15) is 0 Å². The lowest BCUT2D eigenvalue weighted by molar-refractivity contribution is 0.200. The van der Waals surface area contributed by atoms with Crippen LogP contribution >= 0.6 is 0 Å². The predicted octanol–water partition coefficient (Wildman–Crippen LogP) is 5.88. The average molecular weight is 334 g/mol. The molecule has 0 aromatic heterocycles. The van der Waals surface area contributed by atoms with Crippen molar-refractivity contribution in [1.82, 2.24) is 4.90 Å². The number of nitrogens with zero attached hydrogens (tertiary/aromatic N) is 1. The summed E-state index contributed by atoms with van der Waals surface area (Å²) in [4.78, 5) is 2.63. The smallest absolute Gasteiger partial charge is 0.00131 e. The Bertz CT molecular complexity index is 663. The van der Waals surface area contributed by atoms with Crippen LogP contribution in [-0.4, -0.2) is 24.5 Å². The molecule has 1 nitrogen and oxygen atoms in total. The van der Waals surface area contributed by atoms with Crippen molar-refractivity contribution in [2.75, 3.05) is 19.6 Å². The summed E-state index contributed by atoms with van der Waals surface area (Å²) >= 11 is 0. The first-order valence-corrected chi connectivity index (χ1v) is 9.75. The lowest BCUT2D eigenvalue weighted by Gasteiger charge is -2.30. The van der Waals surface area contributed by atoms with E-state index in [1.807, 2.05) is 0 Å². The topological polar surface area (TPSA) is 3.24 Å². The van der Waals surface area contributed by atoms with Crippen LogP contribution in [0.15, 0.2) is 61.2 Å². The highest BCUT2D eigenvalue weighted by molar-refractivity contribution is 5.64. The molecule has 0 atom stereocenters. The number of allylic oxidation sites excluding steroid dienone is 1. The van der Waals surface area contributed by atoms with Crippen molar-refractivity contribution in [3.63, 3.8) is 0 Å². The Labute approximate surface area is 153 Å². The van der Waals surface area contributed by atoms with Crippen LogP contribution in [0.25, 0.3) is 11.1 Å². The third kappa shape index (κ3) is 5.31. The maximum absolute atomic E-state index is 3.93. The van der Waals surface area contributed by atoms with E-state index in [0.29, 0.717) is 0 Å². The summed E-state index contributed by atoms with van der Waals surface area (Å²) in [6.07, 6.45) is 8.51. The molecule has 132 valence electrons. The van der Waals surface area contributed by atoms with Gasteiger partial charge in [-0.25, -0.2) is 0 Å². The van der Waals surface area contributed by atoms with Crippen LogP contribution in [0.4, 0.5) is 0 Å². The zero-order valence-electron chi connectivity index (χ0n) is 15.6. The fourth-order valence-electron chi connectivity index (χ4n) is 3.77. The lowest BCUT2D eigenvalue weighted by Crippen LogP contribution is -2.33. The minimum Gasteiger partial charge on any atom is -0.303 e. The van der Waals surface area contributed by atoms with Crippen molar-refractivity contribution < 1.29 is 0 Å². The van der Waals surface area contributed by atoms with E-state index < -0.39 is 0 Å². The molecule has 1 heterocycles. The Morgan fingerprint density at radius 3 is 2.44 bits per heavy atom. The molecule has 3 rings (SSSR count). The SMILES string of the molecule is C=CC1CCN(CCCCc2ccc(-c3cccc(C)c3)cc2)CC1. The number of likely N-dealkylation sites (tertiary alicyclic amines) is 1. The molecular formula is C24H31N. The summed E-state index contributed by atoms with van der Waals surface area (Å²) in [6.45, 7) is 9.84. The molecule has 0 unspecified atom stereocenters. The molecule has 1 aliphatic rings. The maximum atomic E-state index is 3.93. The molecule has 0 radical (unpaired) electrons. The summed E-state index contributed by atoms with van der Waals surface area (Å²) in [6, 6.07) is 17.9. The van der Waals surface area contributed by atoms with Gasteiger partial charge in [0.15, 0.2) is 0 Å². The number of hydrogen-bond donors (Lipinski definition) is 0. The zero-order chi connectivity index (χ0) is 17.5. The van der Waals surface area contributed by atoms with Gasteiger partial charge in [0.05, 0.1) is 0 Å². The summed E-state index contributed by atoms with van der Waals surface area (Å²) < 4.78 is 0. The van der Waals surface area contributed by atoms with Gasteiger partial charge in [0.25, 0.3) is 0 Å². The molecule has 0 saturated carbocycles. The second-order valence-corrected chi connectivity index (χ2v) is 7.44. The van der Waals surface area contributed by atoms with Gasteiger partial charge in [-0.1, -0.05) is 60.2 Å². The number of unbranched alkanes of at least 4 members (excludes halogenated alkanes) is 1. The number of rotatable bonds is 7.